The predicted molar refractivity (Wildman–Crippen MR) is 99.1 cm³/mol. The maximum absolute atomic E-state index is 11.8. The Morgan fingerprint density at radius 3 is 2.28 bits per heavy atom. The lowest BCUT2D eigenvalue weighted by Gasteiger charge is -2.13. The van der Waals surface area contributed by atoms with Crippen LogP contribution < -0.4 is 4.74 Å². The normalized spacial score (nSPS) is 10.8. The van der Waals surface area contributed by atoms with Crippen LogP contribution in [0.5, 0.6) is 5.75 Å². The zero-order chi connectivity index (χ0) is 17.9. The molecule has 0 saturated carbocycles. The molecule has 3 nitrogen and oxygen atoms in total. The fraction of sp³-hybridized carbons (Fsp3) is 0.429. The average Bonchev–Trinajstić information content (AvgIpc) is 2.64. The molecule has 0 N–H and O–H groups in total. The predicted octanol–water partition coefficient (Wildman–Crippen LogP) is 4.61. The Morgan fingerprint density at radius 1 is 0.840 bits per heavy atom. The maximum atomic E-state index is 11.8. The van der Waals surface area contributed by atoms with Gasteiger partial charge in [-0.25, -0.2) is 4.39 Å². The third-order valence-electron chi connectivity index (χ3n) is 3.98. The van der Waals surface area contributed by atoms with Gasteiger partial charge in [0.1, 0.15) is 19.0 Å². The molecule has 0 radical (unpaired) electrons. The molecular weight excluding hydrogens is 319 g/mol. The van der Waals surface area contributed by atoms with Crippen LogP contribution in [0.25, 0.3) is 11.1 Å². The SMILES string of the molecule is CCc1ccccc1-c1ccc(OCCOCCOCCF)cc1C. The Balaban J connectivity index is 1.83. The van der Waals surface area contributed by atoms with E-state index in [2.05, 4.69) is 50.2 Å². The summed E-state index contributed by atoms with van der Waals surface area (Å²) >= 11 is 0. The Labute approximate surface area is 149 Å². The number of rotatable bonds is 11. The van der Waals surface area contributed by atoms with Crippen LogP contribution in [0.4, 0.5) is 4.39 Å². The standard InChI is InChI=1S/C21H27FO3/c1-3-18-6-4-5-7-21(18)20-9-8-19(16-17(20)2)25-15-14-24-13-12-23-11-10-22/h4-9,16H,3,10-15H2,1-2H3. The van der Waals surface area contributed by atoms with Crippen molar-refractivity contribution in [1.82, 2.24) is 0 Å². The lowest BCUT2D eigenvalue weighted by atomic mass is 9.95. The average molecular weight is 346 g/mol. The second-order valence-electron chi connectivity index (χ2n) is 5.75. The molecule has 0 bridgehead atoms. The van der Waals surface area contributed by atoms with E-state index in [-0.39, 0.29) is 6.61 Å². The van der Waals surface area contributed by atoms with Crippen molar-refractivity contribution in [2.24, 2.45) is 0 Å². The van der Waals surface area contributed by atoms with Crippen LogP contribution in [-0.2, 0) is 15.9 Å². The van der Waals surface area contributed by atoms with Crippen LogP contribution in [0.15, 0.2) is 42.5 Å². The van der Waals surface area contributed by atoms with Crippen molar-refractivity contribution in [2.75, 3.05) is 39.7 Å². The molecule has 136 valence electrons. The highest BCUT2D eigenvalue weighted by Crippen LogP contribution is 2.29. The van der Waals surface area contributed by atoms with Gasteiger partial charge in [-0.1, -0.05) is 37.3 Å². The summed E-state index contributed by atoms with van der Waals surface area (Å²) in [6.07, 6.45) is 1.01. The van der Waals surface area contributed by atoms with E-state index in [1.165, 1.54) is 22.3 Å². The van der Waals surface area contributed by atoms with E-state index in [1.807, 2.05) is 6.07 Å². The number of alkyl halides is 1. The number of halogens is 1. The van der Waals surface area contributed by atoms with Crippen LogP contribution in [0.2, 0.25) is 0 Å². The second kappa shape index (κ2) is 10.9. The summed E-state index contributed by atoms with van der Waals surface area (Å²) < 4.78 is 28.0. The molecule has 2 rings (SSSR count). The number of hydrogen-bond donors (Lipinski definition) is 0. The monoisotopic (exact) mass is 346 g/mol. The Morgan fingerprint density at radius 2 is 1.56 bits per heavy atom. The zero-order valence-corrected chi connectivity index (χ0v) is 15.1. The third kappa shape index (κ3) is 6.15. The van der Waals surface area contributed by atoms with E-state index in [0.29, 0.717) is 26.4 Å². The molecule has 0 heterocycles. The molecule has 2 aromatic rings. The topological polar surface area (TPSA) is 27.7 Å². The first-order valence-electron chi connectivity index (χ1n) is 8.79. The summed E-state index contributed by atoms with van der Waals surface area (Å²) in [5, 5.41) is 0. The summed E-state index contributed by atoms with van der Waals surface area (Å²) in [7, 11) is 0. The van der Waals surface area contributed by atoms with Crippen LogP contribution in [-0.4, -0.2) is 39.7 Å². The molecule has 0 unspecified atom stereocenters. The Kier molecular flexibility index (Phi) is 8.43. The van der Waals surface area contributed by atoms with Gasteiger partial charge >= 0.3 is 0 Å². The minimum atomic E-state index is -0.457. The summed E-state index contributed by atoms with van der Waals surface area (Å²) in [6.45, 7) is 5.78. The second-order valence-corrected chi connectivity index (χ2v) is 5.75. The highest BCUT2D eigenvalue weighted by molar-refractivity contribution is 5.71. The smallest absolute Gasteiger partial charge is 0.119 e. The molecule has 0 aromatic heterocycles. The summed E-state index contributed by atoms with van der Waals surface area (Å²) in [6, 6.07) is 14.7. The van der Waals surface area contributed by atoms with Crippen molar-refractivity contribution in [2.45, 2.75) is 20.3 Å². The largest absolute Gasteiger partial charge is 0.491 e. The van der Waals surface area contributed by atoms with Crippen LogP contribution in [0.3, 0.4) is 0 Å². The van der Waals surface area contributed by atoms with E-state index in [4.69, 9.17) is 14.2 Å². The molecule has 0 aliphatic heterocycles. The van der Waals surface area contributed by atoms with Gasteiger partial charge < -0.3 is 14.2 Å². The van der Waals surface area contributed by atoms with Gasteiger partial charge in [-0.3, -0.25) is 0 Å². The molecular formula is C21H27FO3. The fourth-order valence-electron chi connectivity index (χ4n) is 2.71. The number of benzene rings is 2. The number of hydrogen-bond acceptors (Lipinski definition) is 3. The van der Waals surface area contributed by atoms with Crippen molar-refractivity contribution in [1.29, 1.82) is 0 Å². The van der Waals surface area contributed by atoms with E-state index in [1.54, 1.807) is 0 Å². The van der Waals surface area contributed by atoms with E-state index < -0.39 is 6.67 Å². The van der Waals surface area contributed by atoms with E-state index in [9.17, 15) is 4.39 Å². The van der Waals surface area contributed by atoms with Gasteiger partial charge in [-0.05, 0) is 47.7 Å². The molecule has 25 heavy (non-hydrogen) atoms. The van der Waals surface area contributed by atoms with Crippen LogP contribution in [0, 0.1) is 6.92 Å². The highest BCUT2D eigenvalue weighted by Gasteiger charge is 2.07. The highest BCUT2D eigenvalue weighted by atomic mass is 19.1. The first kappa shape index (κ1) is 19.4. The Bertz CT molecular complexity index is 643. The maximum Gasteiger partial charge on any atom is 0.119 e. The lowest BCUT2D eigenvalue weighted by molar-refractivity contribution is 0.0325. The van der Waals surface area contributed by atoms with Crippen LogP contribution >= 0.6 is 0 Å². The molecule has 0 saturated heterocycles. The van der Waals surface area contributed by atoms with Gasteiger partial charge in [0.25, 0.3) is 0 Å². The first-order chi connectivity index (χ1) is 12.3. The third-order valence-corrected chi connectivity index (χ3v) is 3.98. The van der Waals surface area contributed by atoms with Gasteiger partial charge in [-0.15, -0.1) is 0 Å². The summed E-state index contributed by atoms with van der Waals surface area (Å²) in [5.74, 6) is 0.840. The quantitative estimate of drug-likeness (QED) is 0.556. The van der Waals surface area contributed by atoms with Crippen molar-refractivity contribution < 1.29 is 18.6 Å². The van der Waals surface area contributed by atoms with E-state index in [0.717, 1.165) is 12.2 Å². The number of ether oxygens (including phenoxy) is 3. The summed E-state index contributed by atoms with van der Waals surface area (Å²) in [5.41, 5.74) is 5.07. The molecule has 0 aliphatic rings. The fourth-order valence-corrected chi connectivity index (χ4v) is 2.71. The van der Waals surface area contributed by atoms with E-state index >= 15 is 0 Å². The van der Waals surface area contributed by atoms with Crippen molar-refractivity contribution in [3.05, 3.63) is 53.6 Å². The van der Waals surface area contributed by atoms with Crippen molar-refractivity contribution in [3.8, 4) is 16.9 Å². The zero-order valence-electron chi connectivity index (χ0n) is 15.1. The van der Waals surface area contributed by atoms with Crippen molar-refractivity contribution in [3.63, 3.8) is 0 Å². The molecule has 4 heteroatoms. The van der Waals surface area contributed by atoms with Crippen molar-refractivity contribution >= 4 is 0 Å². The summed E-state index contributed by atoms with van der Waals surface area (Å²) in [4.78, 5) is 0. The minimum absolute atomic E-state index is 0.132. The van der Waals surface area contributed by atoms with Gasteiger partial charge in [0.15, 0.2) is 0 Å². The Hall–Kier alpha value is -1.91. The van der Waals surface area contributed by atoms with Gasteiger partial charge in [0.2, 0.25) is 0 Å². The van der Waals surface area contributed by atoms with Gasteiger partial charge in [0, 0.05) is 0 Å². The molecule has 0 aliphatic carbocycles. The molecule has 0 spiro atoms. The number of aryl methyl sites for hydroxylation is 2. The van der Waals surface area contributed by atoms with Gasteiger partial charge in [0.05, 0.1) is 26.4 Å². The first-order valence-corrected chi connectivity index (χ1v) is 8.79. The molecule has 0 fully saturated rings. The van der Waals surface area contributed by atoms with Crippen LogP contribution in [0.1, 0.15) is 18.1 Å². The molecule has 2 aromatic carbocycles. The lowest BCUT2D eigenvalue weighted by Crippen LogP contribution is -2.11. The molecule has 0 atom stereocenters. The molecule has 0 amide bonds. The van der Waals surface area contributed by atoms with Gasteiger partial charge in [-0.2, -0.15) is 0 Å². The minimum Gasteiger partial charge on any atom is -0.491 e.